The molecule has 0 unspecified atom stereocenters. The van der Waals surface area contributed by atoms with Gasteiger partial charge in [0, 0.05) is 12.5 Å². The highest BCUT2D eigenvalue weighted by atomic mass is 16.5. The molecule has 2 nitrogen and oxygen atoms in total. The summed E-state index contributed by atoms with van der Waals surface area (Å²) >= 11 is 0. The fraction of sp³-hybridized carbons (Fsp3) is 0.839. The molecule has 186 valence electrons. The third-order valence-electron chi connectivity index (χ3n) is 10.8. The lowest BCUT2D eigenvalue weighted by Gasteiger charge is -2.58. The van der Waals surface area contributed by atoms with E-state index in [1.165, 1.54) is 57.8 Å². The second-order valence-corrected chi connectivity index (χ2v) is 13.1. The number of allylic oxidation sites excluding steroid dienone is 2. The van der Waals surface area contributed by atoms with Gasteiger partial charge in [-0.1, -0.05) is 71.6 Å². The largest absolute Gasteiger partial charge is 0.459 e. The summed E-state index contributed by atoms with van der Waals surface area (Å²) in [6.45, 7) is 14.4. The van der Waals surface area contributed by atoms with Crippen molar-refractivity contribution >= 4 is 5.97 Å². The quantitative estimate of drug-likeness (QED) is 0.219. The lowest BCUT2D eigenvalue weighted by atomic mass is 9.47. The molecule has 3 saturated carbocycles. The summed E-state index contributed by atoms with van der Waals surface area (Å²) in [5.41, 5.74) is 2.49. The molecule has 4 rings (SSSR count). The van der Waals surface area contributed by atoms with Crippen molar-refractivity contribution in [1.29, 1.82) is 0 Å². The van der Waals surface area contributed by atoms with E-state index in [1.54, 1.807) is 17.7 Å². The molecule has 3 fully saturated rings. The van der Waals surface area contributed by atoms with Crippen LogP contribution < -0.4 is 0 Å². The third-order valence-corrected chi connectivity index (χ3v) is 10.8. The van der Waals surface area contributed by atoms with Gasteiger partial charge >= 0.3 is 5.97 Å². The van der Waals surface area contributed by atoms with Crippen LogP contribution in [-0.2, 0) is 9.53 Å². The van der Waals surface area contributed by atoms with Crippen LogP contribution in [0, 0.1) is 46.3 Å². The van der Waals surface area contributed by atoms with Gasteiger partial charge in [-0.3, -0.25) is 0 Å². The van der Waals surface area contributed by atoms with Crippen molar-refractivity contribution in [3.63, 3.8) is 0 Å². The Morgan fingerprint density at radius 2 is 1.88 bits per heavy atom. The zero-order valence-electron chi connectivity index (χ0n) is 22.4. The van der Waals surface area contributed by atoms with Crippen LogP contribution in [0.25, 0.3) is 0 Å². The number of esters is 1. The topological polar surface area (TPSA) is 26.3 Å². The average Bonchev–Trinajstić information content (AvgIpc) is 3.11. The van der Waals surface area contributed by atoms with E-state index in [0.717, 1.165) is 48.3 Å². The number of ether oxygens (including phenoxy) is 1. The molecule has 0 radical (unpaired) electrons. The van der Waals surface area contributed by atoms with Crippen LogP contribution in [0.1, 0.15) is 112 Å². The molecule has 0 amide bonds. The Morgan fingerprint density at radius 3 is 2.61 bits per heavy atom. The summed E-state index contributed by atoms with van der Waals surface area (Å²) in [5.74, 6) is 5.08. The van der Waals surface area contributed by atoms with Crippen LogP contribution in [0.15, 0.2) is 23.8 Å². The zero-order valence-corrected chi connectivity index (χ0v) is 22.4. The van der Waals surface area contributed by atoms with Gasteiger partial charge in [-0.25, -0.2) is 4.79 Å². The van der Waals surface area contributed by atoms with Crippen molar-refractivity contribution in [3.05, 3.63) is 23.8 Å². The summed E-state index contributed by atoms with van der Waals surface area (Å²) in [4.78, 5) is 12.0. The van der Waals surface area contributed by atoms with Gasteiger partial charge in [0.1, 0.15) is 6.10 Å². The van der Waals surface area contributed by atoms with Crippen LogP contribution in [0.3, 0.4) is 0 Å². The van der Waals surface area contributed by atoms with E-state index in [4.69, 9.17) is 4.74 Å². The monoisotopic (exact) mass is 454 g/mol. The minimum absolute atomic E-state index is 0.0704. The highest BCUT2D eigenvalue weighted by Gasteiger charge is 2.59. The SMILES string of the molecule is C/C=C/C(=O)O[C@H]1CC[C@@]2(C)C(=CC[C@H]3[C@@H]4CC[C@H]([C@H](C)CCCC(C)C)[C@@]4(C)CC[C@@H]32)C1. The summed E-state index contributed by atoms with van der Waals surface area (Å²) in [6, 6.07) is 0. The molecule has 4 aliphatic rings. The second-order valence-electron chi connectivity index (χ2n) is 13.1. The van der Waals surface area contributed by atoms with Crippen molar-refractivity contribution in [2.24, 2.45) is 46.3 Å². The first-order chi connectivity index (χ1) is 15.7. The number of rotatable bonds is 7. The zero-order chi connectivity index (χ0) is 23.8. The third kappa shape index (κ3) is 4.74. The van der Waals surface area contributed by atoms with Crippen molar-refractivity contribution in [2.75, 3.05) is 0 Å². The first kappa shape index (κ1) is 25.1. The smallest absolute Gasteiger partial charge is 0.330 e. The van der Waals surface area contributed by atoms with E-state index in [9.17, 15) is 4.79 Å². The molecule has 0 spiro atoms. The highest BCUT2D eigenvalue weighted by molar-refractivity contribution is 5.81. The Kier molecular flexibility index (Phi) is 7.52. The number of hydrogen-bond acceptors (Lipinski definition) is 2. The fourth-order valence-corrected chi connectivity index (χ4v) is 9.09. The van der Waals surface area contributed by atoms with Crippen molar-refractivity contribution in [1.82, 2.24) is 0 Å². The highest BCUT2D eigenvalue weighted by Crippen LogP contribution is 2.67. The summed E-state index contributed by atoms with van der Waals surface area (Å²) in [6.07, 6.45) is 20.4. The molecule has 0 N–H and O–H groups in total. The van der Waals surface area contributed by atoms with Crippen molar-refractivity contribution in [3.8, 4) is 0 Å². The van der Waals surface area contributed by atoms with E-state index in [1.807, 2.05) is 6.92 Å². The minimum atomic E-state index is -0.173. The maximum atomic E-state index is 12.0. The molecule has 0 bridgehead atoms. The van der Waals surface area contributed by atoms with E-state index in [-0.39, 0.29) is 12.1 Å². The number of carbonyl (C=O) groups is 1. The molecule has 33 heavy (non-hydrogen) atoms. The van der Waals surface area contributed by atoms with Gasteiger partial charge in [-0.15, -0.1) is 0 Å². The van der Waals surface area contributed by atoms with Gasteiger partial charge in [0.25, 0.3) is 0 Å². The van der Waals surface area contributed by atoms with E-state index in [2.05, 4.69) is 40.7 Å². The van der Waals surface area contributed by atoms with Gasteiger partial charge in [0.15, 0.2) is 0 Å². The molecule has 0 saturated heterocycles. The Hall–Kier alpha value is -1.05. The van der Waals surface area contributed by atoms with E-state index in [0.29, 0.717) is 10.8 Å². The molecule has 4 aliphatic carbocycles. The predicted molar refractivity (Wildman–Crippen MR) is 138 cm³/mol. The van der Waals surface area contributed by atoms with Crippen LogP contribution in [0.2, 0.25) is 0 Å². The molecule has 8 atom stereocenters. The Labute approximate surface area is 204 Å². The molecular weight excluding hydrogens is 404 g/mol. The van der Waals surface area contributed by atoms with Gasteiger partial charge in [0.05, 0.1) is 0 Å². The van der Waals surface area contributed by atoms with Crippen molar-refractivity contribution < 1.29 is 9.53 Å². The molecule has 0 aromatic carbocycles. The van der Waals surface area contributed by atoms with Gasteiger partial charge < -0.3 is 4.74 Å². The minimum Gasteiger partial charge on any atom is -0.459 e. The van der Waals surface area contributed by atoms with E-state index < -0.39 is 0 Å². The maximum Gasteiger partial charge on any atom is 0.330 e. The van der Waals surface area contributed by atoms with Gasteiger partial charge in [-0.05, 0) is 98.2 Å². The lowest BCUT2D eigenvalue weighted by Crippen LogP contribution is -2.51. The number of hydrogen-bond donors (Lipinski definition) is 0. The molecule has 0 aromatic rings. The van der Waals surface area contributed by atoms with Crippen molar-refractivity contribution in [2.45, 2.75) is 118 Å². The molecular formula is C31H50O2. The van der Waals surface area contributed by atoms with Gasteiger partial charge in [-0.2, -0.15) is 0 Å². The van der Waals surface area contributed by atoms with Crippen LogP contribution >= 0.6 is 0 Å². The normalized spacial score (nSPS) is 41.3. The van der Waals surface area contributed by atoms with Crippen LogP contribution in [0.4, 0.5) is 0 Å². The number of fused-ring (bicyclic) bond motifs is 5. The first-order valence-corrected chi connectivity index (χ1v) is 14.2. The standard InChI is InChI=1S/C31H50O2/c1-7-9-29(32)33-24-16-18-30(5)23(20-24)12-13-25-27-15-14-26(22(4)11-8-10-21(2)3)31(27,6)19-17-28(25)30/h7,9,12,21-22,24-28H,8,10-11,13-20H2,1-6H3/b9-7+/t22-,24+,25+,26-,27+,28+,30+,31-/m1/s1. The molecule has 0 aromatic heterocycles. The Balaban J connectivity index is 1.44. The first-order valence-electron chi connectivity index (χ1n) is 14.2. The summed E-state index contributed by atoms with van der Waals surface area (Å²) < 4.78 is 5.77. The van der Waals surface area contributed by atoms with Gasteiger partial charge in [0.2, 0.25) is 0 Å². The summed E-state index contributed by atoms with van der Waals surface area (Å²) in [7, 11) is 0. The Bertz CT molecular complexity index is 763. The average molecular weight is 455 g/mol. The lowest BCUT2D eigenvalue weighted by molar-refractivity contribution is -0.145. The second kappa shape index (κ2) is 9.90. The van der Waals surface area contributed by atoms with E-state index >= 15 is 0 Å². The van der Waals surface area contributed by atoms with Crippen LogP contribution in [0.5, 0.6) is 0 Å². The molecule has 0 heterocycles. The maximum absolute atomic E-state index is 12.0. The number of carbonyl (C=O) groups excluding carboxylic acids is 1. The molecule has 2 heteroatoms. The summed E-state index contributed by atoms with van der Waals surface area (Å²) in [5, 5.41) is 0. The molecule has 0 aliphatic heterocycles. The Morgan fingerprint density at radius 1 is 1.09 bits per heavy atom. The fourth-order valence-electron chi connectivity index (χ4n) is 9.09. The van der Waals surface area contributed by atoms with Crippen LogP contribution in [-0.4, -0.2) is 12.1 Å². The predicted octanol–water partition coefficient (Wildman–Crippen LogP) is 8.52.